The highest BCUT2D eigenvalue weighted by Crippen LogP contribution is 2.25. The Morgan fingerprint density at radius 2 is 2.17 bits per heavy atom. The van der Waals surface area contributed by atoms with Gasteiger partial charge in [-0.25, -0.2) is 0 Å². The first-order valence-electron chi connectivity index (χ1n) is 3.32. The van der Waals surface area contributed by atoms with E-state index in [9.17, 15) is 4.79 Å². The first-order chi connectivity index (χ1) is 5.54. The number of hydrogen-bond acceptors (Lipinski definition) is 2. The normalized spacial score (nSPS) is 9.92. The number of rotatable bonds is 1. The summed E-state index contributed by atoms with van der Waals surface area (Å²) < 4.78 is 0. The van der Waals surface area contributed by atoms with Gasteiger partial charge in [-0.2, -0.15) is 0 Å². The predicted octanol–water partition coefficient (Wildman–Crippen LogP) is 2.04. The van der Waals surface area contributed by atoms with Gasteiger partial charge in [0.05, 0.1) is 10.6 Å². The number of amides is 1. The van der Waals surface area contributed by atoms with Gasteiger partial charge in [-0.15, -0.1) is 12.6 Å². The maximum absolute atomic E-state index is 10.9. The van der Waals surface area contributed by atoms with Crippen molar-refractivity contribution in [1.82, 2.24) is 0 Å². The van der Waals surface area contributed by atoms with Crippen LogP contribution in [-0.4, -0.2) is 5.91 Å². The summed E-state index contributed by atoms with van der Waals surface area (Å²) in [5, 5.41) is 0.442. The van der Waals surface area contributed by atoms with Gasteiger partial charge in [-0.1, -0.05) is 17.7 Å². The van der Waals surface area contributed by atoms with Crippen molar-refractivity contribution < 1.29 is 4.79 Å². The van der Waals surface area contributed by atoms with Crippen LogP contribution >= 0.6 is 24.2 Å². The summed E-state index contributed by atoms with van der Waals surface area (Å²) in [6.45, 7) is 1.79. The summed E-state index contributed by atoms with van der Waals surface area (Å²) in [5.41, 5.74) is 6.32. The molecule has 1 amide bonds. The molecule has 12 heavy (non-hydrogen) atoms. The molecule has 2 nitrogen and oxygen atoms in total. The zero-order valence-corrected chi connectivity index (χ0v) is 8.12. The molecule has 64 valence electrons. The van der Waals surface area contributed by atoms with Gasteiger partial charge in [0, 0.05) is 4.90 Å². The Hall–Kier alpha value is -0.670. The fraction of sp³-hybridized carbons (Fsp3) is 0.125. The van der Waals surface area contributed by atoms with Crippen molar-refractivity contribution >= 4 is 30.1 Å². The summed E-state index contributed by atoms with van der Waals surface area (Å²) in [6, 6.07) is 3.42. The van der Waals surface area contributed by atoms with Crippen LogP contribution in [0.1, 0.15) is 15.9 Å². The van der Waals surface area contributed by atoms with E-state index in [1.807, 2.05) is 0 Å². The highest BCUT2D eigenvalue weighted by atomic mass is 35.5. The van der Waals surface area contributed by atoms with Crippen molar-refractivity contribution in [2.75, 3.05) is 0 Å². The van der Waals surface area contributed by atoms with E-state index < -0.39 is 5.91 Å². The molecule has 0 spiro atoms. The Labute approximate surface area is 81.1 Å². The van der Waals surface area contributed by atoms with E-state index in [1.54, 1.807) is 19.1 Å². The van der Waals surface area contributed by atoms with Crippen LogP contribution in [0.15, 0.2) is 17.0 Å². The number of thiol groups is 1. The SMILES string of the molecule is Cc1ccc(Cl)c(S)c1C(N)=O. The molecule has 1 rings (SSSR count). The number of halogens is 1. The predicted molar refractivity (Wildman–Crippen MR) is 52.0 cm³/mol. The van der Waals surface area contributed by atoms with E-state index in [2.05, 4.69) is 12.6 Å². The zero-order valence-electron chi connectivity index (χ0n) is 6.47. The van der Waals surface area contributed by atoms with Crippen molar-refractivity contribution in [2.24, 2.45) is 5.73 Å². The largest absolute Gasteiger partial charge is 0.366 e. The Morgan fingerprint density at radius 1 is 1.58 bits per heavy atom. The minimum absolute atomic E-state index is 0.394. The molecule has 2 N–H and O–H groups in total. The molecule has 4 heteroatoms. The van der Waals surface area contributed by atoms with E-state index in [-0.39, 0.29) is 0 Å². The summed E-state index contributed by atoms with van der Waals surface area (Å²) in [7, 11) is 0. The number of carbonyl (C=O) groups excluding carboxylic acids is 1. The third kappa shape index (κ3) is 1.57. The lowest BCUT2D eigenvalue weighted by Crippen LogP contribution is -2.13. The summed E-state index contributed by atoms with van der Waals surface area (Å²) in [6.07, 6.45) is 0. The molecule has 0 atom stereocenters. The molecule has 0 fully saturated rings. The van der Waals surface area contributed by atoms with E-state index >= 15 is 0 Å². The maximum atomic E-state index is 10.9. The third-order valence-electron chi connectivity index (χ3n) is 1.58. The molecule has 0 radical (unpaired) electrons. The number of hydrogen-bond donors (Lipinski definition) is 2. The molecule has 0 bridgehead atoms. The number of benzene rings is 1. The molecular formula is C8H8ClNOS. The molecule has 0 heterocycles. The third-order valence-corrected chi connectivity index (χ3v) is 2.49. The molecule has 0 aliphatic heterocycles. The van der Waals surface area contributed by atoms with Gasteiger partial charge in [-0.05, 0) is 18.6 Å². The van der Waals surface area contributed by atoms with Crippen molar-refractivity contribution in [2.45, 2.75) is 11.8 Å². The fourth-order valence-corrected chi connectivity index (χ4v) is 1.50. The lowest BCUT2D eigenvalue weighted by molar-refractivity contribution is 0.0997. The van der Waals surface area contributed by atoms with Crippen LogP contribution in [0.4, 0.5) is 0 Å². The molecule has 0 aliphatic rings. The fourth-order valence-electron chi connectivity index (χ4n) is 0.978. The smallest absolute Gasteiger partial charge is 0.250 e. The monoisotopic (exact) mass is 201 g/mol. The van der Waals surface area contributed by atoms with E-state index in [0.29, 0.717) is 15.5 Å². The van der Waals surface area contributed by atoms with Crippen LogP contribution in [0.5, 0.6) is 0 Å². The molecule has 0 saturated carbocycles. The molecule has 0 aliphatic carbocycles. The van der Waals surface area contributed by atoms with Crippen molar-refractivity contribution in [1.29, 1.82) is 0 Å². The molecule has 0 aromatic heterocycles. The minimum Gasteiger partial charge on any atom is -0.366 e. The average molecular weight is 202 g/mol. The number of nitrogens with two attached hydrogens (primary N) is 1. The van der Waals surface area contributed by atoms with Gasteiger partial charge in [0.1, 0.15) is 0 Å². The zero-order chi connectivity index (χ0) is 9.30. The molecule has 1 aromatic rings. The lowest BCUT2D eigenvalue weighted by Gasteiger charge is -2.05. The second-order valence-corrected chi connectivity index (χ2v) is 3.31. The van der Waals surface area contributed by atoms with E-state index in [0.717, 1.165) is 5.56 Å². The molecule has 1 aromatic carbocycles. The van der Waals surface area contributed by atoms with Gasteiger partial charge in [0.25, 0.3) is 0 Å². The van der Waals surface area contributed by atoms with Crippen LogP contribution in [0.25, 0.3) is 0 Å². The van der Waals surface area contributed by atoms with E-state index in [4.69, 9.17) is 17.3 Å². The summed E-state index contributed by atoms with van der Waals surface area (Å²) in [4.78, 5) is 11.4. The van der Waals surface area contributed by atoms with Gasteiger partial charge < -0.3 is 5.73 Å². The minimum atomic E-state index is -0.500. The van der Waals surface area contributed by atoms with Crippen molar-refractivity contribution in [3.05, 3.63) is 28.3 Å². The van der Waals surface area contributed by atoms with Crippen molar-refractivity contribution in [3.8, 4) is 0 Å². The Bertz CT molecular complexity index is 338. The van der Waals surface area contributed by atoms with Crippen LogP contribution < -0.4 is 5.73 Å². The Morgan fingerprint density at radius 3 is 2.58 bits per heavy atom. The molecule has 0 saturated heterocycles. The number of carbonyl (C=O) groups is 1. The highest BCUT2D eigenvalue weighted by Gasteiger charge is 2.11. The number of primary amides is 1. The average Bonchev–Trinajstić information content (AvgIpc) is 1.97. The van der Waals surface area contributed by atoms with Gasteiger partial charge in [0.2, 0.25) is 5.91 Å². The second kappa shape index (κ2) is 3.37. The van der Waals surface area contributed by atoms with Crippen molar-refractivity contribution in [3.63, 3.8) is 0 Å². The molecule has 0 unspecified atom stereocenters. The topological polar surface area (TPSA) is 43.1 Å². The second-order valence-electron chi connectivity index (χ2n) is 2.45. The van der Waals surface area contributed by atoms with Crippen LogP contribution in [0.2, 0.25) is 5.02 Å². The standard InChI is InChI=1S/C8H8ClNOS/c1-4-2-3-5(9)7(12)6(4)8(10)11/h2-3,12H,1H3,(H2,10,11). The van der Waals surface area contributed by atoms with Crippen LogP contribution in [0, 0.1) is 6.92 Å². The first-order valence-corrected chi connectivity index (χ1v) is 4.14. The number of aryl methyl sites for hydroxylation is 1. The lowest BCUT2D eigenvalue weighted by atomic mass is 10.1. The Balaban J connectivity index is 3.43. The van der Waals surface area contributed by atoms with Crippen LogP contribution in [0.3, 0.4) is 0 Å². The summed E-state index contributed by atoms with van der Waals surface area (Å²) in [5.74, 6) is -0.500. The first kappa shape index (κ1) is 9.42. The quantitative estimate of drug-likeness (QED) is 0.671. The van der Waals surface area contributed by atoms with E-state index in [1.165, 1.54) is 0 Å². The Kier molecular flexibility index (Phi) is 2.65. The van der Waals surface area contributed by atoms with Gasteiger partial charge >= 0.3 is 0 Å². The highest BCUT2D eigenvalue weighted by molar-refractivity contribution is 7.80. The van der Waals surface area contributed by atoms with Gasteiger partial charge in [0.15, 0.2) is 0 Å². The van der Waals surface area contributed by atoms with Gasteiger partial charge in [-0.3, -0.25) is 4.79 Å². The summed E-state index contributed by atoms with van der Waals surface area (Å²) >= 11 is 9.83. The molecular weight excluding hydrogens is 194 g/mol. The maximum Gasteiger partial charge on any atom is 0.250 e. The van der Waals surface area contributed by atoms with Crippen LogP contribution in [-0.2, 0) is 0 Å².